The molecule has 1 N–H and O–H groups in total. The van der Waals surface area contributed by atoms with Crippen LogP contribution in [0.3, 0.4) is 0 Å². The molecule has 0 atom stereocenters. The van der Waals surface area contributed by atoms with E-state index in [1.165, 1.54) is 0 Å². The van der Waals surface area contributed by atoms with Crippen LogP contribution in [0.5, 0.6) is 5.88 Å². The van der Waals surface area contributed by atoms with Crippen LogP contribution >= 0.6 is 23.2 Å². The molecule has 2 rings (SSSR count). The summed E-state index contributed by atoms with van der Waals surface area (Å²) in [7, 11) is 0. The lowest BCUT2D eigenvalue weighted by Crippen LogP contribution is -2.02. The highest BCUT2D eigenvalue weighted by Crippen LogP contribution is 2.26. The van der Waals surface area contributed by atoms with Crippen LogP contribution < -0.4 is 4.74 Å². The number of hydrogen-bond acceptors (Lipinski definition) is 4. The van der Waals surface area contributed by atoms with Gasteiger partial charge >= 0.3 is 0 Å². The molecule has 1 heterocycles. The summed E-state index contributed by atoms with van der Waals surface area (Å²) in [6.45, 7) is 0.433. The van der Waals surface area contributed by atoms with Gasteiger partial charge in [-0.2, -0.15) is 4.98 Å². The zero-order chi connectivity index (χ0) is 12.3. The summed E-state index contributed by atoms with van der Waals surface area (Å²) in [5.74, 6) is 0.385. The first kappa shape index (κ1) is 12.4. The third-order valence-corrected chi connectivity index (χ3v) is 2.54. The van der Waals surface area contributed by atoms with Crippen LogP contribution in [-0.2, 0) is 0 Å². The number of fused-ring (bicyclic) bond motifs is 1. The second-order valence-corrected chi connectivity index (χ2v) is 4.16. The van der Waals surface area contributed by atoms with Crippen LogP contribution in [0.25, 0.3) is 10.9 Å². The maximum Gasteiger partial charge on any atom is 0.226 e. The van der Waals surface area contributed by atoms with Gasteiger partial charge in [-0.15, -0.1) is 0 Å². The smallest absolute Gasteiger partial charge is 0.226 e. The van der Waals surface area contributed by atoms with Crippen LogP contribution in [0, 0.1) is 0 Å². The first-order chi connectivity index (χ1) is 8.20. The van der Waals surface area contributed by atoms with E-state index < -0.39 is 0 Å². The van der Waals surface area contributed by atoms with Gasteiger partial charge in [0.05, 0.1) is 17.5 Å². The molecule has 90 valence electrons. The van der Waals surface area contributed by atoms with Crippen molar-refractivity contribution in [3.05, 3.63) is 28.5 Å². The lowest BCUT2D eigenvalue weighted by Gasteiger charge is -2.07. The lowest BCUT2D eigenvalue weighted by atomic mass is 10.2. The molecule has 0 aliphatic heterocycles. The highest BCUT2D eigenvalue weighted by molar-refractivity contribution is 6.31. The molecule has 2 aromatic rings. The van der Waals surface area contributed by atoms with Crippen molar-refractivity contribution in [1.82, 2.24) is 9.97 Å². The molecule has 0 saturated carbocycles. The number of aromatic nitrogens is 2. The largest absolute Gasteiger partial charge is 0.477 e. The quantitative estimate of drug-likeness (QED) is 0.687. The first-order valence-corrected chi connectivity index (χ1v) is 5.83. The molecule has 0 amide bonds. The molecule has 0 spiro atoms. The number of ether oxygens (including phenoxy) is 1. The van der Waals surface area contributed by atoms with E-state index in [1.807, 2.05) is 0 Å². The van der Waals surface area contributed by atoms with Crippen molar-refractivity contribution in [2.24, 2.45) is 0 Å². The number of hydrogen-bond donors (Lipinski definition) is 1. The number of rotatable bonds is 4. The topological polar surface area (TPSA) is 55.2 Å². The van der Waals surface area contributed by atoms with Crippen molar-refractivity contribution >= 4 is 34.1 Å². The Labute approximate surface area is 108 Å². The summed E-state index contributed by atoms with van der Waals surface area (Å²) in [6, 6.07) is 5.20. The Morgan fingerprint density at radius 3 is 2.82 bits per heavy atom. The second-order valence-electron chi connectivity index (χ2n) is 3.38. The maximum absolute atomic E-state index is 8.70. The van der Waals surface area contributed by atoms with Gasteiger partial charge in [0.2, 0.25) is 11.2 Å². The highest BCUT2D eigenvalue weighted by Gasteiger charge is 2.08. The molecular weight excluding hydrogens is 263 g/mol. The molecule has 0 unspecified atom stereocenters. The van der Waals surface area contributed by atoms with E-state index in [2.05, 4.69) is 9.97 Å². The van der Waals surface area contributed by atoms with Gasteiger partial charge in [-0.25, -0.2) is 4.98 Å². The summed E-state index contributed by atoms with van der Waals surface area (Å²) < 4.78 is 5.44. The van der Waals surface area contributed by atoms with Crippen LogP contribution in [0.2, 0.25) is 10.3 Å². The summed E-state index contributed by atoms with van der Waals surface area (Å²) in [4.78, 5) is 8.08. The predicted molar refractivity (Wildman–Crippen MR) is 66.8 cm³/mol. The van der Waals surface area contributed by atoms with Gasteiger partial charge < -0.3 is 9.84 Å². The monoisotopic (exact) mass is 272 g/mol. The zero-order valence-electron chi connectivity index (χ0n) is 8.86. The molecular formula is C11H10Cl2N2O2. The minimum absolute atomic E-state index is 0.0670. The molecule has 0 radical (unpaired) electrons. The van der Waals surface area contributed by atoms with Crippen LogP contribution in [0.15, 0.2) is 18.2 Å². The van der Waals surface area contributed by atoms with E-state index in [4.69, 9.17) is 33.0 Å². The molecule has 1 aromatic heterocycles. The van der Waals surface area contributed by atoms with E-state index >= 15 is 0 Å². The number of nitrogens with zero attached hydrogens (tertiary/aromatic N) is 2. The number of benzene rings is 1. The summed E-state index contributed by atoms with van der Waals surface area (Å²) >= 11 is 11.7. The Morgan fingerprint density at radius 1 is 1.24 bits per heavy atom. The first-order valence-electron chi connectivity index (χ1n) is 5.07. The Hall–Kier alpha value is -1.10. The van der Waals surface area contributed by atoms with Crippen molar-refractivity contribution in [3.63, 3.8) is 0 Å². The average molecular weight is 273 g/mol. The second kappa shape index (κ2) is 5.49. The van der Waals surface area contributed by atoms with Gasteiger partial charge in [-0.1, -0.05) is 11.6 Å². The molecule has 0 bridgehead atoms. The van der Waals surface area contributed by atoms with Gasteiger partial charge in [0.1, 0.15) is 0 Å². The summed E-state index contributed by atoms with van der Waals surface area (Å²) in [6.07, 6.45) is 0.531. The van der Waals surface area contributed by atoms with Gasteiger partial charge in [0.15, 0.2) is 0 Å². The Morgan fingerprint density at radius 2 is 2.06 bits per heavy atom. The molecule has 0 aliphatic carbocycles. The Kier molecular flexibility index (Phi) is 3.99. The fraction of sp³-hybridized carbons (Fsp3) is 0.273. The number of halogens is 2. The molecule has 0 fully saturated rings. The molecule has 1 aromatic carbocycles. The van der Waals surface area contributed by atoms with E-state index in [0.29, 0.717) is 34.8 Å². The highest BCUT2D eigenvalue weighted by atomic mass is 35.5. The van der Waals surface area contributed by atoms with Crippen molar-refractivity contribution in [3.8, 4) is 5.88 Å². The van der Waals surface area contributed by atoms with Gasteiger partial charge in [-0.3, -0.25) is 0 Å². The van der Waals surface area contributed by atoms with Gasteiger partial charge in [0.25, 0.3) is 0 Å². The van der Waals surface area contributed by atoms with E-state index in [1.54, 1.807) is 18.2 Å². The fourth-order valence-electron chi connectivity index (χ4n) is 1.39. The lowest BCUT2D eigenvalue weighted by molar-refractivity contribution is 0.230. The van der Waals surface area contributed by atoms with Crippen LogP contribution in [0.1, 0.15) is 6.42 Å². The molecule has 6 heteroatoms. The third kappa shape index (κ3) is 2.97. The summed E-state index contributed by atoms with van der Waals surface area (Å²) in [5.41, 5.74) is 0.674. The van der Waals surface area contributed by atoms with Crippen molar-refractivity contribution in [1.29, 1.82) is 0 Å². The number of aliphatic hydroxyl groups is 1. The Balaban J connectivity index is 2.40. The Bertz CT molecular complexity index is 534. The minimum atomic E-state index is 0.0670. The van der Waals surface area contributed by atoms with Crippen LogP contribution in [-0.4, -0.2) is 28.3 Å². The zero-order valence-corrected chi connectivity index (χ0v) is 10.4. The van der Waals surface area contributed by atoms with Crippen molar-refractivity contribution < 1.29 is 9.84 Å². The van der Waals surface area contributed by atoms with E-state index in [9.17, 15) is 0 Å². The van der Waals surface area contributed by atoms with Crippen LogP contribution in [0.4, 0.5) is 0 Å². The standard InChI is InChI=1S/C11H10Cl2N2O2/c12-7-2-3-9-8(6-7)10(15-11(13)14-9)17-5-1-4-16/h2-3,6,16H,1,4-5H2. The molecule has 0 aliphatic rings. The predicted octanol–water partition coefficient (Wildman–Crippen LogP) is 2.70. The van der Waals surface area contributed by atoms with Gasteiger partial charge in [-0.05, 0) is 29.8 Å². The average Bonchev–Trinajstić information content (AvgIpc) is 2.30. The molecule has 17 heavy (non-hydrogen) atoms. The van der Waals surface area contributed by atoms with Crippen molar-refractivity contribution in [2.75, 3.05) is 13.2 Å². The van der Waals surface area contributed by atoms with Gasteiger partial charge in [0, 0.05) is 18.1 Å². The van der Waals surface area contributed by atoms with Crippen molar-refractivity contribution in [2.45, 2.75) is 6.42 Å². The minimum Gasteiger partial charge on any atom is -0.477 e. The maximum atomic E-state index is 8.70. The molecule has 0 saturated heterocycles. The normalized spacial score (nSPS) is 10.8. The third-order valence-electron chi connectivity index (χ3n) is 2.14. The van der Waals surface area contributed by atoms with E-state index in [0.717, 1.165) is 0 Å². The fourth-order valence-corrected chi connectivity index (χ4v) is 1.73. The number of aliphatic hydroxyl groups excluding tert-OH is 1. The SMILES string of the molecule is OCCCOc1nc(Cl)nc2ccc(Cl)cc12. The molecule has 4 nitrogen and oxygen atoms in total. The summed E-state index contributed by atoms with van der Waals surface area (Å²) in [5, 5.41) is 10.1. The van der Waals surface area contributed by atoms with E-state index in [-0.39, 0.29) is 11.9 Å².